The third-order valence-corrected chi connectivity index (χ3v) is 6.45. The van der Waals surface area contributed by atoms with Crippen LogP contribution in [0.5, 0.6) is 5.75 Å². The maximum atomic E-state index is 13.0. The summed E-state index contributed by atoms with van der Waals surface area (Å²) in [7, 11) is 0. The Bertz CT molecular complexity index is 1070. The molecule has 0 bridgehead atoms. The molecule has 2 aliphatic rings. The summed E-state index contributed by atoms with van der Waals surface area (Å²) < 4.78 is 5.66. The van der Waals surface area contributed by atoms with Crippen LogP contribution in [0.25, 0.3) is 0 Å². The third-order valence-electron chi connectivity index (χ3n) is 6.45. The van der Waals surface area contributed by atoms with Gasteiger partial charge in [-0.05, 0) is 56.5 Å². The number of nitrogens with zero attached hydrogens (tertiary/aromatic N) is 2. The van der Waals surface area contributed by atoms with Gasteiger partial charge in [0.25, 0.3) is 5.91 Å². The molecule has 0 spiro atoms. The molecule has 35 heavy (non-hydrogen) atoms. The van der Waals surface area contributed by atoms with Crippen molar-refractivity contribution in [2.24, 2.45) is 0 Å². The normalized spacial score (nSPS) is 18.0. The zero-order valence-corrected chi connectivity index (χ0v) is 20.5. The number of hydrogen-bond donors (Lipinski definition) is 2. The van der Waals surface area contributed by atoms with Gasteiger partial charge >= 0.3 is 0 Å². The summed E-state index contributed by atoms with van der Waals surface area (Å²) in [6, 6.07) is 14.5. The van der Waals surface area contributed by atoms with Crippen molar-refractivity contribution in [3.63, 3.8) is 0 Å². The Balaban J connectivity index is 1.36. The van der Waals surface area contributed by atoms with E-state index in [2.05, 4.69) is 21.6 Å². The van der Waals surface area contributed by atoms with Gasteiger partial charge in [0.1, 0.15) is 11.8 Å². The molecule has 1 fully saturated rings. The fourth-order valence-electron chi connectivity index (χ4n) is 4.61. The number of fused-ring (bicyclic) bond motifs is 1. The molecule has 0 saturated carbocycles. The van der Waals surface area contributed by atoms with E-state index in [9.17, 15) is 14.4 Å². The predicted octanol–water partition coefficient (Wildman–Crippen LogP) is 3.71. The van der Waals surface area contributed by atoms with E-state index in [-0.39, 0.29) is 30.7 Å². The topological polar surface area (TPSA) is 91.0 Å². The number of amides is 3. The van der Waals surface area contributed by atoms with Crippen molar-refractivity contribution in [3.8, 4) is 5.75 Å². The number of hydrogen-bond acceptors (Lipinski definition) is 5. The van der Waals surface area contributed by atoms with Crippen LogP contribution in [0.3, 0.4) is 0 Å². The average Bonchev–Trinajstić information content (AvgIpc) is 3.39. The van der Waals surface area contributed by atoms with Gasteiger partial charge in [-0.3, -0.25) is 14.4 Å². The van der Waals surface area contributed by atoms with Crippen molar-refractivity contribution in [2.45, 2.75) is 58.1 Å². The Morgan fingerprint density at radius 3 is 2.66 bits per heavy atom. The average molecular weight is 479 g/mol. The molecular formula is C27H34N4O4. The number of rotatable bonds is 9. The number of anilines is 3. The van der Waals surface area contributed by atoms with Crippen LogP contribution in [-0.4, -0.2) is 49.5 Å². The minimum Gasteiger partial charge on any atom is -0.479 e. The van der Waals surface area contributed by atoms with E-state index < -0.39 is 12.1 Å². The zero-order valence-electron chi connectivity index (χ0n) is 20.5. The SMILES string of the molecule is CCCC(NC(=O)CCN1C(=O)C(C)Oc2ccccc21)C(=O)Nc1cccc(N2CCCC2)c1. The number of carbonyl (C=O) groups excluding carboxylic acids is 3. The highest BCUT2D eigenvalue weighted by Gasteiger charge is 2.31. The highest BCUT2D eigenvalue weighted by molar-refractivity contribution is 6.01. The highest BCUT2D eigenvalue weighted by atomic mass is 16.5. The molecule has 8 nitrogen and oxygen atoms in total. The van der Waals surface area contributed by atoms with Crippen LogP contribution in [0.1, 0.15) is 46.0 Å². The lowest BCUT2D eigenvalue weighted by atomic mass is 10.1. The molecule has 2 atom stereocenters. The first-order valence-electron chi connectivity index (χ1n) is 12.5. The summed E-state index contributed by atoms with van der Waals surface area (Å²) in [5.74, 6) is -0.0642. The van der Waals surface area contributed by atoms with Crippen LogP contribution in [0.15, 0.2) is 48.5 Å². The number of carbonyl (C=O) groups is 3. The van der Waals surface area contributed by atoms with E-state index >= 15 is 0 Å². The minimum absolute atomic E-state index is 0.0880. The maximum Gasteiger partial charge on any atom is 0.267 e. The number of para-hydroxylation sites is 2. The van der Waals surface area contributed by atoms with E-state index in [1.165, 1.54) is 12.8 Å². The van der Waals surface area contributed by atoms with Crippen molar-refractivity contribution >= 4 is 34.8 Å². The summed E-state index contributed by atoms with van der Waals surface area (Å²) in [4.78, 5) is 42.4. The fourth-order valence-corrected chi connectivity index (χ4v) is 4.61. The smallest absolute Gasteiger partial charge is 0.267 e. The second-order valence-electron chi connectivity index (χ2n) is 9.11. The molecule has 8 heteroatoms. The zero-order chi connectivity index (χ0) is 24.8. The van der Waals surface area contributed by atoms with Gasteiger partial charge in [-0.25, -0.2) is 0 Å². The molecule has 2 aromatic rings. The van der Waals surface area contributed by atoms with E-state index in [1.807, 2.05) is 43.3 Å². The van der Waals surface area contributed by atoms with Gasteiger partial charge in [-0.2, -0.15) is 0 Å². The molecule has 1 saturated heterocycles. The Labute approximate surface area is 206 Å². The molecule has 4 rings (SSSR count). The molecule has 2 aliphatic heterocycles. The van der Waals surface area contributed by atoms with Crippen molar-refractivity contribution in [1.29, 1.82) is 0 Å². The van der Waals surface area contributed by atoms with Crippen molar-refractivity contribution < 1.29 is 19.1 Å². The third kappa shape index (κ3) is 5.93. The molecule has 2 heterocycles. The lowest BCUT2D eigenvalue weighted by molar-refractivity contribution is -0.127. The predicted molar refractivity (Wildman–Crippen MR) is 137 cm³/mol. The summed E-state index contributed by atoms with van der Waals surface area (Å²) in [5.41, 5.74) is 2.48. The standard InChI is InChI=1S/C27H34N4O4/c1-3-9-22(26(33)28-20-10-8-11-21(18-20)30-15-6-7-16-30)29-25(32)14-17-31-23-12-4-5-13-24(23)35-19(2)27(31)34/h4-5,8,10-13,18-19,22H,3,6-7,9,14-17H2,1-2H3,(H,28,33)(H,29,32). The van der Waals surface area contributed by atoms with E-state index in [0.29, 0.717) is 17.9 Å². The Hall–Kier alpha value is -3.55. The minimum atomic E-state index is -0.644. The summed E-state index contributed by atoms with van der Waals surface area (Å²) in [5, 5.41) is 5.83. The first-order valence-corrected chi connectivity index (χ1v) is 12.5. The second-order valence-corrected chi connectivity index (χ2v) is 9.11. The first kappa shape index (κ1) is 24.6. The Kier molecular flexibility index (Phi) is 7.90. The molecule has 2 unspecified atom stereocenters. The van der Waals surface area contributed by atoms with E-state index in [4.69, 9.17) is 4.74 Å². The Morgan fingerprint density at radius 1 is 1.11 bits per heavy atom. The summed E-state index contributed by atoms with van der Waals surface area (Å²) in [6.45, 7) is 5.95. The lowest BCUT2D eigenvalue weighted by Gasteiger charge is -2.33. The number of ether oxygens (including phenoxy) is 1. The molecule has 2 N–H and O–H groups in total. The molecular weight excluding hydrogens is 444 g/mol. The van der Waals surface area contributed by atoms with Crippen molar-refractivity contribution in [1.82, 2.24) is 5.32 Å². The quantitative estimate of drug-likeness (QED) is 0.573. The largest absolute Gasteiger partial charge is 0.479 e. The van der Waals surface area contributed by atoms with E-state index in [0.717, 1.165) is 30.9 Å². The van der Waals surface area contributed by atoms with Crippen LogP contribution in [-0.2, 0) is 14.4 Å². The van der Waals surface area contributed by atoms with Crippen molar-refractivity contribution in [2.75, 3.05) is 34.8 Å². The number of nitrogens with one attached hydrogen (secondary N) is 2. The lowest BCUT2D eigenvalue weighted by Crippen LogP contribution is -2.47. The van der Waals surface area contributed by atoms with Crippen LogP contribution in [0, 0.1) is 0 Å². The van der Waals surface area contributed by atoms with E-state index in [1.54, 1.807) is 17.9 Å². The second kappa shape index (κ2) is 11.3. The highest BCUT2D eigenvalue weighted by Crippen LogP contribution is 2.33. The van der Waals surface area contributed by atoms with Crippen molar-refractivity contribution in [3.05, 3.63) is 48.5 Å². The molecule has 186 valence electrons. The van der Waals surface area contributed by atoms with Gasteiger partial charge in [-0.15, -0.1) is 0 Å². The fraction of sp³-hybridized carbons (Fsp3) is 0.444. The first-order chi connectivity index (χ1) is 17.0. The van der Waals surface area contributed by atoms with Crippen LogP contribution >= 0.6 is 0 Å². The molecule has 0 aromatic heterocycles. The van der Waals surface area contributed by atoms with Gasteiger partial charge in [0.2, 0.25) is 11.8 Å². The van der Waals surface area contributed by atoms with Gasteiger partial charge in [0.05, 0.1) is 5.69 Å². The van der Waals surface area contributed by atoms with Gasteiger partial charge in [0.15, 0.2) is 6.10 Å². The van der Waals surface area contributed by atoms with Crippen LogP contribution in [0.2, 0.25) is 0 Å². The van der Waals surface area contributed by atoms with Gasteiger partial charge < -0.3 is 25.2 Å². The molecule has 3 amide bonds. The molecule has 0 aliphatic carbocycles. The monoisotopic (exact) mass is 478 g/mol. The van der Waals surface area contributed by atoms with Gasteiger partial charge in [0, 0.05) is 37.4 Å². The van der Waals surface area contributed by atoms with Gasteiger partial charge in [-0.1, -0.05) is 31.5 Å². The molecule has 2 aromatic carbocycles. The number of benzene rings is 2. The summed E-state index contributed by atoms with van der Waals surface area (Å²) in [6.07, 6.45) is 3.12. The molecule has 0 radical (unpaired) electrons. The Morgan fingerprint density at radius 2 is 1.89 bits per heavy atom. The van der Waals surface area contributed by atoms with Crippen LogP contribution in [0.4, 0.5) is 17.1 Å². The van der Waals surface area contributed by atoms with Crippen LogP contribution < -0.4 is 25.2 Å². The maximum absolute atomic E-state index is 13.0. The summed E-state index contributed by atoms with van der Waals surface area (Å²) >= 11 is 0.